The van der Waals surface area contributed by atoms with Crippen LogP contribution in [-0.2, 0) is 30.2 Å². The van der Waals surface area contributed by atoms with Crippen molar-refractivity contribution < 1.29 is 19.6 Å². The quantitative estimate of drug-likeness (QED) is 0.615. The molecule has 4 N–H and O–H groups in total. The fourth-order valence-corrected chi connectivity index (χ4v) is 5.59. The SMILES string of the molecule is OP(O)(=S)N(Cc1ccccc1)P(O)(O)=S. The fraction of sp³-hybridized carbons (Fsp3) is 0.143. The Morgan fingerprint density at radius 2 is 1.38 bits per heavy atom. The van der Waals surface area contributed by atoms with Crippen LogP contribution in [0.1, 0.15) is 5.56 Å². The van der Waals surface area contributed by atoms with E-state index in [0.29, 0.717) is 10.0 Å². The number of nitrogens with zero attached hydrogens (tertiary/aromatic N) is 1. The molecule has 5 nitrogen and oxygen atoms in total. The van der Waals surface area contributed by atoms with Crippen molar-refractivity contribution in [2.45, 2.75) is 6.54 Å². The van der Waals surface area contributed by atoms with Gasteiger partial charge in [-0.1, -0.05) is 30.3 Å². The van der Waals surface area contributed by atoms with E-state index in [9.17, 15) is 19.6 Å². The summed E-state index contributed by atoms with van der Waals surface area (Å²) in [4.78, 5) is 37.3. The molecule has 0 aliphatic carbocycles. The van der Waals surface area contributed by atoms with Crippen LogP contribution in [0.2, 0.25) is 0 Å². The van der Waals surface area contributed by atoms with Gasteiger partial charge in [0.15, 0.2) is 0 Å². The number of rotatable bonds is 4. The van der Waals surface area contributed by atoms with Crippen molar-refractivity contribution >= 4 is 36.9 Å². The second-order valence-corrected chi connectivity index (χ2v) is 9.32. The van der Waals surface area contributed by atoms with Gasteiger partial charge < -0.3 is 19.6 Å². The lowest BCUT2D eigenvalue weighted by Crippen LogP contribution is -2.16. The number of benzene rings is 1. The minimum absolute atomic E-state index is 0.102. The summed E-state index contributed by atoms with van der Waals surface area (Å²) >= 11 is 8.89. The first-order chi connectivity index (χ1) is 7.21. The predicted molar refractivity (Wildman–Crippen MR) is 69.4 cm³/mol. The van der Waals surface area contributed by atoms with Gasteiger partial charge in [-0.25, -0.2) is 0 Å². The van der Waals surface area contributed by atoms with E-state index < -0.39 is 13.3 Å². The van der Waals surface area contributed by atoms with Gasteiger partial charge in [-0.15, -0.1) is 0 Å². The average molecular weight is 299 g/mol. The van der Waals surface area contributed by atoms with E-state index in [2.05, 4.69) is 23.6 Å². The topological polar surface area (TPSA) is 84.2 Å². The summed E-state index contributed by atoms with van der Waals surface area (Å²) in [5.74, 6) is 0. The molecule has 0 aliphatic rings. The molecule has 0 spiro atoms. The van der Waals surface area contributed by atoms with Crippen molar-refractivity contribution in [1.82, 2.24) is 4.44 Å². The Bertz CT molecular complexity index is 421. The molecule has 9 heteroatoms. The first kappa shape index (κ1) is 14.4. The van der Waals surface area contributed by atoms with Gasteiger partial charge in [-0.05, 0) is 29.2 Å². The standard InChI is InChI=1S/C7H11NO4P2S2/c9-13(10,15)8(14(11,12)16)6-7-4-2-1-3-5-7/h1-5H,6H2,(H2,9,10,15)(H2,11,12,16). The molecule has 1 aromatic carbocycles. The summed E-state index contributed by atoms with van der Waals surface area (Å²) in [6.07, 6.45) is 0. The van der Waals surface area contributed by atoms with Gasteiger partial charge in [0.05, 0.1) is 0 Å². The zero-order valence-corrected chi connectivity index (χ0v) is 11.5. The smallest absolute Gasteiger partial charge is 0.266 e. The molecular weight excluding hydrogens is 288 g/mol. The maximum absolute atomic E-state index is 9.32. The molecule has 90 valence electrons. The molecule has 0 unspecified atom stereocenters. The van der Waals surface area contributed by atoms with E-state index in [-0.39, 0.29) is 6.54 Å². The van der Waals surface area contributed by atoms with Gasteiger partial charge in [-0.3, -0.25) is 0 Å². The largest absolute Gasteiger partial charge is 0.333 e. The van der Waals surface area contributed by atoms with Crippen molar-refractivity contribution in [3.63, 3.8) is 0 Å². The monoisotopic (exact) mass is 299 g/mol. The Morgan fingerprint density at radius 1 is 0.938 bits per heavy atom. The Morgan fingerprint density at radius 3 is 1.75 bits per heavy atom. The minimum atomic E-state index is -3.95. The predicted octanol–water partition coefficient (Wildman–Crippen LogP) is 0.907. The molecule has 0 fully saturated rings. The van der Waals surface area contributed by atoms with Crippen LogP contribution in [0, 0.1) is 0 Å². The van der Waals surface area contributed by atoms with Crippen LogP contribution in [0.3, 0.4) is 0 Å². The lowest BCUT2D eigenvalue weighted by molar-refractivity contribution is 0.361. The van der Waals surface area contributed by atoms with Crippen LogP contribution < -0.4 is 0 Å². The molecule has 0 aliphatic heterocycles. The summed E-state index contributed by atoms with van der Waals surface area (Å²) in [5.41, 5.74) is 0.664. The summed E-state index contributed by atoms with van der Waals surface area (Å²) < 4.78 is 0.611. The molecule has 0 amide bonds. The summed E-state index contributed by atoms with van der Waals surface area (Å²) in [7, 11) is 0. The molecule has 0 atom stereocenters. The Hall–Kier alpha value is 0.320. The third-order valence-corrected chi connectivity index (χ3v) is 6.66. The molecule has 1 aromatic rings. The van der Waals surface area contributed by atoms with E-state index in [0.717, 1.165) is 0 Å². The van der Waals surface area contributed by atoms with Crippen LogP contribution in [-0.4, -0.2) is 24.0 Å². The van der Waals surface area contributed by atoms with Gasteiger partial charge in [-0.2, -0.15) is 4.44 Å². The van der Waals surface area contributed by atoms with Crippen LogP contribution >= 0.6 is 13.3 Å². The van der Waals surface area contributed by atoms with E-state index in [1.165, 1.54) is 0 Å². The van der Waals surface area contributed by atoms with Crippen molar-refractivity contribution in [2.24, 2.45) is 0 Å². The van der Waals surface area contributed by atoms with Crippen LogP contribution in [0.4, 0.5) is 0 Å². The van der Waals surface area contributed by atoms with Crippen LogP contribution in [0.5, 0.6) is 0 Å². The van der Waals surface area contributed by atoms with E-state index in [1.807, 2.05) is 0 Å². The zero-order chi connectivity index (χ0) is 12.4. The van der Waals surface area contributed by atoms with Crippen molar-refractivity contribution in [1.29, 1.82) is 0 Å². The highest BCUT2D eigenvalue weighted by molar-refractivity contribution is 8.16. The van der Waals surface area contributed by atoms with Gasteiger partial charge in [0.2, 0.25) is 0 Å². The van der Waals surface area contributed by atoms with Gasteiger partial charge in [0.25, 0.3) is 13.3 Å². The maximum atomic E-state index is 9.32. The molecular formula is C7H11NO4P2S2. The molecule has 0 heterocycles. The molecule has 16 heavy (non-hydrogen) atoms. The number of hydrogen-bond acceptors (Lipinski definition) is 2. The van der Waals surface area contributed by atoms with Gasteiger partial charge in [0.1, 0.15) is 0 Å². The summed E-state index contributed by atoms with van der Waals surface area (Å²) in [6.45, 7) is -8.00. The normalized spacial score (nSPS) is 13.1. The minimum Gasteiger partial charge on any atom is -0.333 e. The number of hydrogen-bond donors (Lipinski definition) is 4. The van der Waals surface area contributed by atoms with Crippen LogP contribution in [0.15, 0.2) is 30.3 Å². The highest BCUT2D eigenvalue weighted by Crippen LogP contribution is 2.59. The van der Waals surface area contributed by atoms with Gasteiger partial charge >= 0.3 is 0 Å². The van der Waals surface area contributed by atoms with Crippen molar-refractivity contribution in [3.05, 3.63) is 35.9 Å². The third kappa shape index (κ3) is 4.30. The highest BCUT2D eigenvalue weighted by atomic mass is 32.5. The molecule has 0 saturated heterocycles. The highest BCUT2D eigenvalue weighted by Gasteiger charge is 2.32. The Kier molecular flexibility index (Phi) is 4.77. The first-order valence-corrected chi connectivity index (χ1v) is 9.47. The summed E-state index contributed by atoms with van der Waals surface area (Å²) in [5, 5.41) is 0. The second-order valence-electron chi connectivity index (χ2n) is 3.04. The van der Waals surface area contributed by atoms with E-state index in [1.54, 1.807) is 30.3 Å². The van der Waals surface area contributed by atoms with E-state index in [4.69, 9.17) is 0 Å². The molecule has 1 rings (SSSR count). The lowest BCUT2D eigenvalue weighted by Gasteiger charge is -2.28. The lowest BCUT2D eigenvalue weighted by atomic mass is 10.2. The van der Waals surface area contributed by atoms with E-state index >= 15 is 0 Å². The van der Waals surface area contributed by atoms with Crippen molar-refractivity contribution in [2.75, 3.05) is 0 Å². The Labute approximate surface area is 103 Å². The van der Waals surface area contributed by atoms with Crippen molar-refractivity contribution in [3.8, 4) is 0 Å². The Balaban J connectivity index is 2.99. The third-order valence-electron chi connectivity index (χ3n) is 1.77. The first-order valence-electron chi connectivity index (χ1n) is 4.15. The molecule has 0 saturated carbocycles. The zero-order valence-electron chi connectivity index (χ0n) is 8.04. The summed E-state index contributed by atoms with van der Waals surface area (Å²) in [6, 6.07) is 8.66. The maximum Gasteiger partial charge on any atom is 0.266 e. The van der Waals surface area contributed by atoms with Crippen LogP contribution in [0.25, 0.3) is 0 Å². The average Bonchev–Trinajstić information content (AvgIpc) is 2.12. The molecule has 0 radical (unpaired) electrons. The molecule has 0 aromatic heterocycles. The van der Waals surface area contributed by atoms with Gasteiger partial charge in [0, 0.05) is 6.54 Å². The molecule has 0 bridgehead atoms. The second kappa shape index (κ2) is 5.31. The fourth-order valence-electron chi connectivity index (χ4n) is 1.08.